The third-order valence-electron chi connectivity index (χ3n) is 3.27. The van der Waals surface area contributed by atoms with Crippen LogP contribution in [0.3, 0.4) is 0 Å². The average Bonchev–Trinajstić information content (AvgIpc) is 2.84. The van der Waals surface area contributed by atoms with Crippen molar-refractivity contribution in [2.75, 3.05) is 19.6 Å². The van der Waals surface area contributed by atoms with Crippen molar-refractivity contribution in [3.8, 4) is 0 Å². The maximum atomic E-state index is 12.7. The fourth-order valence-corrected chi connectivity index (χ4v) is 6.28. The Kier molecular flexibility index (Phi) is 7.45. The highest BCUT2D eigenvalue weighted by Crippen LogP contribution is 2.30. The van der Waals surface area contributed by atoms with Crippen molar-refractivity contribution in [2.24, 2.45) is 0 Å². The zero-order chi connectivity index (χ0) is 13.9. The van der Waals surface area contributed by atoms with Crippen molar-refractivity contribution in [1.82, 2.24) is 9.62 Å². The molecule has 116 valence electrons. The molecule has 0 unspecified atom stereocenters. The summed E-state index contributed by atoms with van der Waals surface area (Å²) < 4.78 is 28.5. The molecule has 1 saturated heterocycles. The van der Waals surface area contributed by atoms with Crippen LogP contribution in [0.25, 0.3) is 0 Å². The van der Waals surface area contributed by atoms with E-state index in [-0.39, 0.29) is 18.4 Å². The van der Waals surface area contributed by atoms with E-state index in [0.717, 1.165) is 36.1 Å². The Bertz CT molecular complexity index is 515. The quantitative estimate of drug-likeness (QED) is 0.822. The summed E-state index contributed by atoms with van der Waals surface area (Å²) in [6.45, 7) is 4.42. The van der Waals surface area contributed by atoms with Gasteiger partial charge in [-0.15, -0.1) is 23.7 Å². The standard InChI is InChI=1S/C12H19BrN2O2S2.ClH/c1-2-9-15(10-5-7-14-8-6-10)19(16,17)12-4-3-11(13)18-12;/h3-4,10,14H,2,5-9H2,1H3;1H. The van der Waals surface area contributed by atoms with E-state index in [0.29, 0.717) is 10.8 Å². The van der Waals surface area contributed by atoms with Gasteiger partial charge in [0.2, 0.25) is 0 Å². The predicted octanol–water partition coefficient (Wildman–Crippen LogP) is 3.09. The summed E-state index contributed by atoms with van der Waals surface area (Å²) in [7, 11) is -3.35. The highest BCUT2D eigenvalue weighted by atomic mass is 79.9. The van der Waals surface area contributed by atoms with Gasteiger partial charge in [-0.25, -0.2) is 8.42 Å². The molecule has 0 atom stereocenters. The number of nitrogens with zero attached hydrogens (tertiary/aromatic N) is 1. The average molecular weight is 404 g/mol. The summed E-state index contributed by atoms with van der Waals surface area (Å²) >= 11 is 4.62. The van der Waals surface area contributed by atoms with Crippen LogP contribution in [0.15, 0.2) is 20.1 Å². The van der Waals surface area contributed by atoms with Gasteiger partial charge >= 0.3 is 0 Å². The van der Waals surface area contributed by atoms with Crippen molar-refractivity contribution in [3.05, 3.63) is 15.9 Å². The van der Waals surface area contributed by atoms with E-state index in [9.17, 15) is 8.42 Å². The first-order valence-corrected chi connectivity index (χ1v) is 9.58. The molecule has 4 nitrogen and oxygen atoms in total. The minimum Gasteiger partial charge on any atom is -0.317 e. The zero-order valence-corrected chi connectivity index (χ0v) is 15.4. The molecule has 0 aliphatic carbocycles. The van der Waals surface area contributed by atoms with Crippen molar-refractivity contribution < 1.29 is 8.42 Å². The second-order valence-electron chi connectivity index (χ2n) is 4.66. The number of hydrogen-bond donors (Lipinski definition) is 1. The molecule has 0 saturated carbocycles. The van der Waals surface area contributed by atoms with Crippen LogP contribution in [0.2, 0.25) is 0 Å². The molecular formula is C12H20BrClN2O2S2. The number of rotatable bonds is 5. The topological polar surface area (TPSA) is 49.4 Å². The molecule has 1 N–H and O–H groups in total. The van der Waals surface area contributed by atoms with Crippen LogP contribution in [-0.4, -0.2) is 38.4 Å². The Labute approximate surface area is 139 Å². The van der Waals surface area contributed by atoms with E-state index >= 15 is 0 Å². The molecule has 0 radical (unpaired) electrons. The number of thiophene rings is 1. The van der Waals surface area contributed by atoms with Gasteiger partial charge in [0.15, 0.2) is 0 Å². The summed E-state index contributed by atoms with van der Waals surface area (Å²) in [6.07, 6.45) is 2.63. The van der Waals surface area contributed by atoms with Gasteiger partial charge in [-0.1, -0.05) is 6.92 Å². The van der Waals surface area contributed by atoms with Crippen molar-refractivity contribution in [3.63, 3.8) is 0 Å². The molecule has 1 aromatic rings. The van der Waals surface area contributed by atoms with E-state index < -0.39 is 10.0 Å². The molecule has 2 heterocycles. The van der Waals surface area contributed by atoms with Crippen molar-refractivity contribution in [2.45, 2.75) is 36.4 Å². The second kappa shape index (κ2) is 8.10. The highest BCUT2D eigenvalue weighted by Gasteiger charge is 2.32. The van der Waals surface area contributed by atoms with Crippen molar-refractivity contribution in [1.29, 1.82) is 0 Å². The number of nitrogens with one attached hydrogen (secondary N) is 1. The van der Waals surface area contributed by atoms with Gasteiger partial charge in [0.1, 0.15) is 4.21 Å². The summed E-state index contributed by atoms with van der Waals surface area (Å²) in [5.41, 5.74) is 0. The first-order valence-electron chi connectivity index (χ1n) is 6.53. The SMILES string of the molecule is CCCN(C1CCNCC1)S(=O)(=O)c1ccc(Br)s1.Cl. The number of piperidine rings is 1. The number of hydrogen-bond acceptors (Lipinski definition) is 4. The first-order chi connectivity index (χ1) is 9.05. The fourth-order valence-electron chi connectivity index (χ4n) is 2.37. The van der Waals surface area contributed by atoms with Gasteiger partial charge in [-0.05, 0) is 60.4 Å². The predicted molar refractivity (Wildman–Crippen MR) is 89.3 cm³/mol. The smallest absolute Gasteiger partial charge is 0.252 e. The van der Waals surface area contributed by atoms with Gasteiger partial charge in [0.05, 0.1) is 3.79 Å². The normalized spacial score (nSPS) is 17.1. The van der Waals surface area contributed by atoms with E-state index in [2.05, 4.69) is 21.2 Å². The lowest BCUT2D eigenvalue weighted by molar-refractivity contribution is 0.263. The Morgan fingerprint density at radius 3 is 2.55 bits per heavy atom. The van der Waals surface area contributed by atoms with Crippen LogP contribution in [0.4, 0.5) is 0 Å². The number of sulfonamides is 1. The minimum absolute atomic E-state index is 0. The maximum absolute atomic E-state index is 12.7. The molecule has 0 spiro atoms. The molecule has 1 aliphatic rings. The van der Waals surface area contributed by atoms with Crippen LogP contribution in [0.5, 0.6) is 0 Å². The molecule has 0 aromatic carbocycles. The molecule has 0 amide bonds. The minimum atomic E-state index is -3.35. The summed E-state index contributed by atoms with van der Waals surface area (Å²) in [5, 5.41) is 3.28. The Balaban J connectivity index is 0.00000200. The molecule has 0 bridgehead atoms. The van der Waals surface area contributed by atoms with Gasteiger partial charge in [-0.3, -0.25) is 0 Å². The molecule has 1 aliphatic heterocycles. The van der Waals surface area contributed by atoms with E-state index in [1.54, 1.807) is 16.4 Å². The lowest BCUT2D eigenvalue weighted by Gasteiger charge is -2.33. The lowest BCUT2D eigenvalue weighted by atomic mass is 10.1. The third kappa shape index (κ3) is 4.18. The van der Waals surface area contributed by atoms with Gasteiger partial charge < -0.3 is 5.32 Å². The van der Waals surface area contributed by atoms with E-state index in [1.807, 2.05) is 6.92 Å². The molecule has 8 heteroatoms. The highest BCUT2D eigenvalue weighted by molar-refractivity contribution is 9.11. The maximum Gasteiger partial charge on any atom is 0.252 e. The monoisotopic (exact) mass is 402 g/mol. The molecule has 20 heavy (non-hydrogen) atoms. The largest absolute Gasteiger partial charge is 0.317 e. The van der Waals surface area contributed by atoms with Gasteiger partial charge in [-0.2, -0.15) is 4.31 Å². The van der Waals surface area contributed by atoms with E-state index in [4.69, 9.17) is 0 Å². The molecular weight excluding hydrogens is 384 g/mol. The molecule has 1 aromatic heterocycles. The summed E-state index contributed by atoms with van der Waals surface area (Å²) in [5.74, 6) is 0. The van der Waals surface area contributed by atoms with Crippen LogP contribution in [0.1, 0.15) is 26.2 Å². The Morgan fingerprint density at radius 2 is 2.05 bits per heavy atom. The summed E-state index contributed by atoms with van der Waals surface area (Å²) in [4.78, 5) is 0. The molecule has 1 fully saturated rings. The fraction of sp³-hybridized carbons (Fsp3) is 0.667. The van der Waals surface area contributed by atoms with Crippen molar-refractivity contribution >= 4 is 49.7 Å². The Hall–Kier alpha value is 0.340. The van der Waals surface area contributed by atoms with Gasteiger partial charge in [0, 0.05) is 12.6 Å². The summed E-state index contributed by atoms with van der Waals surface area (Å²) in [6, 6.07) is 3.62. The first kappa shape index (κ1) is 18.4. The Morgan fingerprint density at radius 1 is 1.40 bits per heavy atom. The number of halogens is 2. The van der Waals surface area contributed by atoms with Gasteiger partial charge in [0.25, 0.3) is 10.0 Å². The second-order valence-corrected chi connectivity index (χ2v) is 9.24. The third-order valence-corrected chi connectivity index (χ3v) is 7.31. The van der Waals surface area contributed by atoms with E-state index in [1.165, 1.54) is 11.3 Å². The lowest BCUT2D eigenvalue weighted by Crippen LogP contribution is -2.46. The van der Waals surface area contributed by atoms with Crippen LogP contribution in [-0.2, 0) is 10.0 Å². The molecule has 2 rings (SSSR count). The van der Waals surface area contributed by atoms with Crippen LogP contribution < -0.4 is 5.32 Å². The van der Waals surface area contributed by atoms with Crippen LogP contribution in [0, 0.1) is 0 Å². The zero-order valence-electron chi connectivity index (χ0n) is 11.3. The van der Waals surface area contributed by atoms with Crippen LogP contribution >= 0.6 is 39.7 Å².